The fourth-order valence-electron chi connectivity index (χ4n) is 5.41. The van der Waals surface area contributed by atoms with Crippen LogP contribution in [0, 0.1) is 11.8 Å². The lowest BCUT2D eigenvalue weighted by Gasteiger charge is -2.36. The van der Waals surface area contributed by atoms with Crippen molar-refractivity contribution in [2.75, 3.05) is 0 Å². The summed E-state index contributed by atoms with van der Waals surface area (Å²) in [4.78, 5) is 46.3. The van der Waals surface area contributed by atoms with Crippen molar-refractivity contribution in [2.45, 2.75) is 90.6 Å². The molecule has 0 radical (unpaired) electrons. The quantitative estimate of drug-likeness (QED) is 0.219. The molecule has 45 heavy (non-hydrogen) atoms. The number of nitrogens with zero attached hydrogens (tertiary/aromatic N) is 2. The Morgan fingerprint density at radius 2 is 1.51 bits per heavy atom. The number of nitrogens with one attached hydrogen (secondary N) is 1. The van der Waals surface area contributed by atoms with Gasteiger partial charge in [0, 0.05) is 12.1 Å². The number of nitrogens with two attached hydrogens (primary N) is 1. The summed E-state index contributed by atoms with van der Waals surface area (Å²) in [7, 11) is 0. The number of amides is 3. The third-order valence-corrected chi connectivity index (χ3v) is 7.82. The van der Waals surface area contributed by atoms with E-state index in [0.717, 1.165) is 11.1 Å². The molecule has 0 aliphatic rings. The third kappa shape index (κ3) is 11.3. The Hall–Kier alpha value is -4.24. The maximum absolute atomic E-state index is 14.6. The highest BCUT2D eigenvalue weighted by molar-refractivity contribution is 5.88. The van der Waals surface area contributed by atoms with Crippen molar-refractivity contribution in [1.29, 1.82) is 0 Å². The molecule has 1 heterocycles. The standard InChI is InChI=1S/C36H48N4O5/c1-6-25(2)32(33(37)42)40(24-29-19-13-14-20-38-29)34(43)28(21-26-15-9-7-10-16-26)23-31(41)30(22-27-17-11-8-12-18-27)39-35(44)45-36(3,4)5/h7-20,25,28,30-32,41H,6,21-24H2,1-5H3,(H2,37,42)(H,39,44)/t25-,28?,30?,31?,32-/m0/s1. The molecule has 5 atom stereocenters. The van der Waals surface area contributed by atoms with Crippen molar-refractivity contribution in [1.82, 2.24) is 15.2 Å². The van der Waals surface area contributed by atoms with Gasteiger partial charge in [0.2, 0.25) is 11.8 Å². The zero-order valence-electron chi connectivity index (χ0n) is 27.1. The number of rotatable bonds is 15. The Morgan fingerprint density at radius 1 is 0.933 bits per heavy atom. The highest BCUT2D eigenvalue weighted by Crippen LogP contribution is 2.26. The van der Waals surface area contributed by atoms with Crippen LogP contribution in [0.5, 0.6) is 0 Å². The van der Waals surface area contributed by atoms with E-state index in [1.165, 1.54) is 4.90 Å². The molecule has 0 aliphatic heterocycles. The molecule has 0 bridgehead atoms. The van der Waals surface area contributed by atoms with Gasteiger partial charge in [0.1, 0.15) is 11.6 Å². The number of carbonyl (C=O) groups excluding carboxylic acids is 3. The molecular weight excluding hydrogens is 568 g/mol. The van der Waals surface area contributed by atoms with Gasteiger partial charge in [-0.3, -0.25) is 14.6 Å². The van der Waals surface area contributed by atoms with Crippen LogP contribution in [0.2, 0.25) is 0 Å². The van der Waals surface area contributed by atoms with Crippen LogP contribution in [0.1, 0.15) is 64.3 Å². The SMILES string of the molecule is CC[C@H](C)[C@@H](C(N)=O)N(Cc1ccccn1)C(=O)C(Cc1ccccc1)CC(O)C(Cc1ccccc1)NC(=O)OC(C)(C)C. The van der Waals surface area contributed by atoms with Crippen LogP contribution in [-0.4, -0.2) is 56.7 Å². The van der Waals surface area contributed by atoms with E-state index in [4.69, 9.17) is 10.5 Å². The van der Waals surface area contributed by atoms with E-state index < -0.39 is 41.7 Å². The minimum Gasteiger partial charge on any atom is -0.444 e. The number of hydrogen-bond donors (Lipinski definition) is 3. The lowest BCUT2D eigenvalue weighted by molar-refractivity contribution is -0.146. The number of ether oxygens (including phenoxy) is 1. The van der Waals surface area contributed by atoms with Gasteiger partial charge in [-0.05, 0) is 69.2 Å². The second kappa shape index (κ2) is 16.7. The van der Waals surface area contributed by atoms with Crippen molar-refractivity contribution >= 4 is 17.9 Å². The van der Waals surface area contributed by atoms with Crippen molar-refractivity contribution in [3.05, 3.63) is 102 Å². The number of aromatic nitrogens is 1. The van der Waals surface area contributed by atoms with Crippen LogP contribution >= 0.6 is 0 Å². The number of carbonyl (C=O) groups is 3. The summed E-state index contributed by atoms with van der Waals surface area (Å²) in [5, 5.41) is 14.6. The lowest BCUT2D eigenvalue weighted by atomic mass is 9.87. The Balaban J connectivity index is 2.00. The van der Waals surface area contributed by atoms with Crippen LogP contribution in [0.25, 0.3) is 0 Å². The molecule has 3 aromatic rings. The first kappa shape index (κ1) is 35.2. The van der Waals surface area contributed by atoms with Gasteiger partial charge in [0.15, 0.2) is 0 Å². The van der Waals surface area contributed by atoms with E-state index in [2.05, 4.69) is 10.3 Å². The molecule has 0 spiro atoms. The Labute approximate surface area is 267 Å². The van der Waals surface area contributed by atoms with E-state index >= 15 is 0 Å². The Kier molecular flexibility index (Phi) is 13.1. The molecule has 3 unspecified atom stereocenters. The van der Waals surface area contributed by atoms with Crippen molar-refractivity contribution < 1.29 is 24.2 Å². The van der Waals surface area contributed by atoms with Crippen molar-refractivity contribution in [3.63, 3.8) is 0 Å². The second-order valence-electron chi connectivity index (χ2n) is 12.7. The smallest absolute Gasteiger partial charge is 0.407 e. The van der Waals surface area contributed by atoms with Gasteiger partial charge in [-0.2, -0.15) is 0 Å². The molecule has 9 heteroatoms. The average molecular weight is 617 g/mol. The molecular formula is C36H48N4O5. The highest BCUT2D eigenvalue weighted by Gasteiger charge is 2.38. The molecule has 0 aliphatic carbocycles. The monoisotopic (exact) mass is 616 g/mol. The van der Waals surface area contributed by atoms with Crippen LogP contribution in [0.3, 0.4) is 0 Å². The van der Waals surface area contributed by atoms with Crippen LogP contribution < -0.4 is 11.1 Å². The van der Waals surface area contributed by atoms with Gasteiger partial charge in [-0.15, -0.1) is 0 Å². The zero-order chi connectivity index (χ0) is 33.0. The zero-order valence-corrected chi connectivity index (χ0v) is 27.1. The van der Waals surface area contributed by atoms with E-state index in [1.807, 2.05) is 80.6 Å². The molecule has 0 saturated heterocycles. The molecule has 1 aromatic heterocycles. The lowest BCUT2D eigenvalue weighted by Crippen LogP contribution is -2.54. The maximum atomic E-state index is 14.6. The van der Waals surface area contributed by atoms with Crippen LogP contribution in [0.4, 0.5) is 4.79 Å². The van der Waals surface area contributed by atoms with Gasteiger partial charge in [-0.25, -0.2) is 4.79 Å². The largest absolute Gasteiger partial charge is 0.444 e. The molecule has 0 fully saturated rings. The number of benzene rings is 2. The molecule has 242 valence electrons. The molecule has 3 amide bonds. The molecule has 3 rings (SSSR count). The van der Waals surface area contributed by atoms with Crippen LogP contribution in [0.15, 0.2) is 85.1 Å². The number of primary amides is 1. The first-order chi connectivity index (χ1) is 21.4. The average Bonchev–Trinajstić information content (AvgIpc) is 3.00. The predicted octanol–water partition coefficient (Wildman–Crippen LogP) is 5.06. The van der Waals surface area contributed by atoms with Gasteiger partial charge < -0.3 is 25.8 Å². The van der Waals surface area contributed by atoms with Gasteiger partial charge in [-0.1, -0.05) is 87.0 Å². The summed E-state index contributed by atoms with van der Waals surface area (Å²) < 4.78 is 5.51. The number of pyridine rings is 1. The van der Waals surface area contributed by atoms with Gasteiger partial charge in [0.25, 0.3) is 0 Å². The first-order valence-corrected chi connectivity index (χ1v) is 15.6. The highest BCUT2D eigenvalue weighted by atomic mass is 16.6. The van der Waals surface area contributed by atoms with Crippen molar-refractivity contribution in [2.24, 2.45) is 17.6 Å². The van der Waals surface area contributed by atoms with E-state index in [1.54, 1.807) is 39.1 Å². The van der Waals surface area contributed by atoms with E-state index in [9.17, 15) is 19.5 Å². The summed E-state index contributed by atoms with van der Waals surface area (Å²) in [5.74, 6) is -1.86. The summed E-state index contributed by atoms with van der Waals surface area (Å²) in [6.07, 6.45) is 1.14. The fraction of sp³-hybridized carbons (Fsp3) is 0.444. The van der Waals surface area contributed by atoms with Gasteiger partial charge in [0.05, 0.1) is 24.4 Å². The molecule has 9 nitrogen and oxygen atoms in total. The fourth-order valence-corrected chi connectivity index (χ4v) is 5.41. The molecule has 2 aromatic carbocycles. The normalized spacial score (nSPS) is 14.8. The summed E-state index contributed by atoms with van der Waals surface area (Å²) >= 11 is 0. The summed E-state index contributed by atoms with van der Waals surface area (Å²) in [6.45, 7) is 9.25. The maximum Gasteiger partial charge on any atom is 0.407 e. The first-order valence-electron chi connectivity index (χ1n) is 15.6. The summed E-state index contributed by atoms with van der Waals surface area (Å²) in [6, 6.07) is 22.8. The van der Waals surface area contributed by atoms with Crippen LogP contribution in [-0.2, 0) is 33.7 Å². The minimum atomic E-state index is -1.12. The van der Waals surface area contributed by atoms with E-state index in [0.29, 0.717) is 25.0 Å². The molecule has 4 N–H and O–H groups in total. The number of aliphatic hydroxyl groups excluding tert-OH is 1. The Bertz CT molecular complexity index is 1350. The predicted molar refractivity (Wildman–Crippen MR) is 175 cm³/mol. The second-order valence-corrected chi connectivity index (χ2v) is 12.7. The minimum absolute atomic E-state index is 0.0196. The topological polar surface area (TPSA) is 135 Å². The third-order valence-electron chi connectivity index (χ3n) is 7.82. The van der Waals surface area contributed by atoms with E-state index in [-0.39, 0.29) is 24.8 Å². The number of hydrogen-bond acceptors (Lipinski definition) is 6. The Morgan fingerprint density at radius 3 is 2.02 bits per heavy atom. The number of aliphatic hydroxyl groups is 1. The molecule has 0 saturated carbocycles. The van der Waals surface area contributed by atoms with Gasteiger partial charge >= 0.3 is 6.09 Å². The summed E-state index contributed by atoms with van der Waals surface area (Å²) in [5.41, 5.74) is 7.63. The number of alkyl carbamates (subject to hydrolysis) is 1. The van der Waals surface area contributed by atoms with Crippen molar-refractivity contribution in [3.8, 4) is 0 Å².